The minimum absolute atomic E-state index is 1.10. The molecule has 10 heavy (non-hydrogen) atoms. The van der Waals surface area contributed by atoms with Crippen LogP contribution in [0.15, 0.2) is 16.8 Å². The van der Waals surface area contributed by atoms with Gasteiger partial charge in [0.2, 0.25) is 0 Å². The standard InChI is InChI=1S/C8H14N2/c1-7(9-2)6-8-4-3-5-10-8/h6,10H,3-5H2,1-2H3/b8-6-,9-7+. The van der Waals surface area contributed by atoms with Crippen molar-refractivity contribution < 1.29 is 0 Å². The molecular weight excluding hydrogens is 124 g/mol. The van der Waals surface area contributed by atoms with E-state index in [-0.39, 0.29) is 0 Å². The molecule has 0 spiro atoms. The van der Waals surface area contributed by atoms with Crippen molar-refractivity contribution >= 4 is 5.71 Å². The second kappa shape index (κ2) is 3.40. The first-order chi connectivity index (χ1) is 4.83. The lowest BCUT2D eigenvalue weighted by molar-refractivity contribution is 0.904. The Hall–Kier alpha value is -0.790. The maximum absolute atomic E-state index is 4.05. The molecule has 1 aliphatic rings. The first kappa shape index (κ1) is 7.32. The van der Waals surface area contributed by atoms with Crippen molar-refractivity contribution in [1.82, 2.24) is 5.32 Å². The summed E-state index contributed by atoms with van der Waals surface area (Å²) < 4.78 is 0. The molecule has 56 valence electrons. The van der Waals surface area contributed by atoms with Gasteiger partial charge in [0.05, 0.1) is 0 Å². The summed E-state index contributed by atoms with van der Waals surface area (Å²) in [5.41, 5.74) is 2.44. The molecule has 0 aliphatic carbocycles. The maximum atomic E-state index is 4.05. The van der Waals surface area contributed by atoms with Gasteiger partial charge in [-0.3, -0.25) is 4.99 Å². The number of aliphatic imine (C=N–C) groups is 1. The average Bonchev–Trinajstić information content (AvgIpc) is 2.40. The molecule has 0 unspecified atom stereocenters. The quantitative estimate of drug-likeness (QED) is 0.543. The van der Waals surface area contributed by atoms with Gasteiger partial charge in [0, 0.05) is 25.0 Å². The molecule has 0 aromatic rings. The molecule has 1 rings (SSSR count). The zero-order valence-electron chi connectivity index (χ0n) is 6.65. The predicted molar refractivity (Wildman–Crippen MR) is 44.4 cm³/mol. The molecule has 2 nitrogen and oxygen atoms in total. The fourth-order valence-electron chi connectivity index (χ4n) is 1.06. The molecule has 0 aromatic heterocycles. The molecule has 1 fully saturated rings. The highest BCUT2D eigenvalue weighted by Crippen LogP contribution is 2.07. The summed E-state index contributed by atoms with van der Waals surface area (Å²) in [6.07, 6.45) is 4.57. The molecule has 0 bridgehead atoms. The van der Waals surface area contributed by atoms with Gasteiger partial charge in [-0.25, -0.2) is 0 Å². The van der Waals surface area contributed by atoms with Crippen LogP contribution in [-0.4, -0.2) is 19.3 Å². The number of nitrogens with one attached hydrogen (secondary N) is 1. The highest BCUT2D eigenvalue weighted by molar-refractivity contribution is 5.93. The summed E-state index contributed by atoms with van der Waals surface area (Å²) >= 11 is 0. The summed E-state index contributed by atoms with van der Waals surface area (Å²) in [7, 11) is 1.82. The van der Waals surface area contributed by atoms with E-state index in [1.807, 2.05) is 14.0 Å². The van der Waals surface area contributed by atoms with Crippen LogP contribution in [0.5, 0.6) is 0 Å². The lowest BCUT2D eigenvalue weighted by Gasteiger charge is -1.96. The summed E-state index contributed by atoms with van der Waals surface area (Å²) in [6.45, 7) is 3.15. The molecule has 1 heterocycles. The molecule has 0 saturated carbocycles. The van der Waals surface area contributed by atoms with Crippen molar-refractivity contribution in [2.45, 2.75) is 19.8 Å². The molecule has 1 aliphatic heterocycles. The highest BCUT2D eigenvalue weighted by Gasteiger charge is 2.03. The van der Waals surface area contributed by atoms with Gasteiger partial charge in [-0.2, -0.15) is 0 Å². The van der Waals surface area contributed by atoms with Gasteiger partial charge in [0.25, 0.3) is 0 Å². The Kier molecular flexibility index (Phi) is 2.49. The number of allylic oxidation sites excluding steroid dienone is 2. The zero-order chi connectivity index (χ0) is 7.40. The number of hydrogen-bond acceptors (Lipinski definition) is 2. The normalized spacial score (nSPS) is 23.4. The third kappa shape index (κ3) is 1.87. The van der Waals surface area contributed by atoms with E-state index in [1.54, 1.807) is 0 Å². The van der Waals surface area contributed by atoms with Crippen LogP contribution in [0.1, 0.15) is 19.8 Å². The molecule has 0 aromatic carbocycles. The van der Waals surface area contributed by atoms with E-state index >= 15 is 0 Å². The maximum Gasteiger partial charge on any atom is 0.0331 e. The van der Waals surface area contributed by atoms with E-state index in [1.165, 1.54) is 18.5 Å². The second-order valence-corrected chi connectivity index (χ2v) is 2.56. The van der Waals surface area contributed by atoms with Gasteiger partial charge in [-0.1, -0.05) is 0 Å². The number of rotatable bonds is 1. The van der Waals surface area contributed by atoms with E-state index in [9.17, 15) is 0 Å². The van der Waals surface area contributed by atoms with Gasteiger partial charge >= 0.3 is 0 Å². The molecule has 1 N–H and O–H groups in total. The van der Waals surface area contributed by atoms with Crippen LogP contribution >= 0.6 is 0 Å². The van der Waals surface area contributed by atoms with Crippen molar-refractivity contribution in [3.05, 3.63) is 11.8 Å². The monoisotopic (exact) mass is 138 g/mol. The first-order valence-corrected chi connectivity index (χ1v) is 3.71. The summed E-state index contributed by atoms with van der Waals surface area (Å²) in [6, 6.07) is 0. The molecular formula is C8H14N2. The third-order valence-corrected chi connectivity index (χ3v) is 1.71. The Balaban J connectivity index is 2.53. The lowest BCUT2D eigenvalue weighted by Crippen LogP contribution is -2.04. The predicted octanol–water partition coefficient (Wildman–Crippen LogP) is 1.34. The van der Waals surface area contributed by atoms with Gasteiger partial charge in [0.1, 0.15) is 0 Å². The van der Waals surface area contributed by atoms with Crippen molar-refractivity contribution in [2.24, 2.45) is 4.99 Å². The van der Waals surface area contributed by atoms with Crippen LogP contribution in [0.4, 0.5) is 0 Å². The largest absolute Gasteiger partial charge is 0.388 e. The second-order valence-electron chi connectivity index (χ2n) is 2.56. The summed E-state index contributed by atoms with van der Waals surface area (Å²) in [4.78, 5) is 4.05. The van der Waals surface area contributed by atoms with Crippen LogP contribution in [0.2, 0.25) is 0 Å². The number of nitrogens with zero attached hydrogens (tertiary/aromatic N) is 1. The molecule has 1 saturated heterocycles. The minimum Gasteiger partial charge on any atom is -0.388 e. The van der Waals surface area contributed by atoms with E-state index in [0.29, 0.717) is 0 Å². The first-order valence-electron chi connectivity index (χ1n) is 3.71. The number of hydrogen-bond donors (Lipinski definition) is 1. The van der Waals surface area contributed by atoms with Gasteiger partial charge in [-0.15, -0.1) is 0 Å². The minimum atomic E-state index is 1.10. The van der Waals surface area contributed by atoms with Crippen LogP contribution in [0.25, 0.3) is 0 Å². The lowest BCUT2D eigenvalue weighted by atomic mass is 10.2. The van der Waals surface area contributed by atoms with Crippen LogP contribution in [0, 0.1) is 0 Å². The average molecular weight is 138 g/mol. The molecule has 2 heteroatoms. The van der Waals surface area contributed by atoms with Gasteiger partial charge < -0.3 is 5.32 Å². The van der Waals surface area contributed by atoms with Crippen LogP contribution < -0.4 is 5.32 Å². The van der Waals surface area contributed by atoms with E-state index in [0.717, 1.165) is 12.3 Å². The molecule has 0 radical (unpaired) electrons. The summed E-state index contributed by atoms with van der Waals surface area (Å²) in [5, 5.41) is 3.30. The Morgan fingerprint density at radius 1 is 1.70 bits per heavy atom. The van der Waals surface area contributed by atoms with Gasteiger partial charge in [0.15, 0.2) is 0 Å². The van der Waals surface area contributed by atoms with Crippen molar-refractivity contribution in [1.29, 1.82) is 0 Å². The molecule has 0 atom stereocenters. The Morgan fingerprint density at radius 3 is 3.00 bits per heavy atom. The Morgan fingerprint density at radius 2 is 2.50 bits per heavy atom. The van der Waals surface area contributed by atoms with Crippen molar-refractivity contribution in [3.8, 4) is 0 Å². The SMILES string of the molecule is C/N=C(C)/C=C1/CCCN1. The fourth-order valence-corrected chi connectivity index (χ4v) is 1.06. The Bertz CT molecular complexity index is 160. The molecule has 0 amide bonds. The topological polar surface area (TPSA) is 24.4 Å². The van der Waals surface area contributed by atoms with Crippen LogP contribution in [-0.2, 0) is 0 Å². The third-order valence-electron chi connectivity index (χ3n) is 1.71. The zero-order valence-corrected chi connectivity index (χ0v) is 6.65. The highest BCUT2D eigenvalue weighted by atomic mass is 14.9. The van der Waals surface area contributed by atoms with Crippen molar-refractivity contribution in [2.75, 3.05) is 13.6 Å². The summed E-state index contributed by atoms with van der Waals surface area (Å²) in [5.74, 6) is 0. The Labute approximate surface area is 62.0 Å². The van der Waals surface area contributed by atoms with Gasteiger partial charge in [-0.05, 0) is 25.8 Å². The van der Waals surface area contributed by atoms with E-state index in [4.69, 9.17) is 0 Å². The van der Waals surface area contributed by atoms with E-state index in [2.05, 4.69) is 16.4 Å². The van der Waals surface area contributed by atoms with Crippen LogP contribution in [0.3, 0.4) is 0 Å². The van der Waals surface area contributed by atoms with E-state index < -0.39 is 0 Å². The van der Waals surface area contributed by atoms with Crippen molar-refractivity contribution in [3.63, 3.8) is 0 Å². The fraction of sp³-hybridized carbons (Fsp3) is 0.625. The smallest absolute Gasteiger partial charge is 0.0331 e.